The van der Waals surface area contributed by atoms with Crippen molar-refractivity contribution in [2.24, 2.45) is 0 Å². The summed E-state index contributed by atoms with van der Waals surface area (Å²) < 4.78 is 11.0. The lowest BCUT2D eigenvalue weighted by Crippen LogP contribution is -2.47. The van der Waals surface area contributed by atoms with Crippen LogP contribution in [-0.4, -0.2) is 45.9 Å². The van der Waals surface area contributed by atoms with Gasteiger partial charge in [0.15, 0.2) is 11.5 Å². The summed E-state index contributed by atoms with van der Waals surface area (Å²) in [5.41, 5.74) is 0.885. The summed E-state index contributed by atoms with van der Waals surface area (Å²) in [6, 6.07) is 6.85. The summed E-state index contributed by atoms with van der Waals surface area (Å²) in [5, 5.41) is 19.5. The molecule has 1 amide bonds. The molecule has 1 unspecified atom stereocenters. The van der Waals surface area contributed by atoms with Crippen LogP contribution in [0.1, 0.15) is 57.9 Å². The number of amides is 1. The summed E-state index contributed by atoms with van der Waals surface area (Å²) in [4.78, 5) is 23.7. The van der Waals surface area contributed by atoms with Crippen LogP contribution in [0.5, 0.6) is 5.75 Å². The molecule has 3 rings (SSSR count). The fourth-order valence-corrected chi connectivity index (χ4v) is 3.94. The number of hydrogen-bond acceptors (Lipinski definition) is 6. The second kappa shape index (κ2) is 10.7. The number of halogens is 1. The third kappa shape index (κ3) is 6.96. The smallest absolute Gasteiger partial charge is 0.304 e. The average Bonchev–Trinajstić information content (AvgIpc) is 3.25. The van der Waals surface area contributed by atoms with E-state index < -0.39 is 17.0 Å². The third-order valence-corrected chi connectivity index (χ3v) is 6.02. The zero-order chi connectivity index (χ0) is 25.8. The molecule has 0 spiro atoms. The van der Waals surface area contributed by atoms with Crippen molar-refractivity contribution in [3.63, 3.8) is 0 Å². The lowest BCUT2D eigenvalue weighted by atomic mass is 9.83. The monoisotopic (exact) mass is 501 g/mol. The van der Waals surface area contributed by atoms with E-state index >= 15 is 0 Å². The minimum absolute atomic E-state index is 0.000627. The van der Waals surface area contributed by atoms with Crippen LogP contribution in [0.2, 0.25) is 5.02 Å². The Morgan fingerprint density at radius 3 is 2.66 bits per heavy atom. The first-order valence-electron chi connectivity index (χ1n) is 11.5. The van der Waals surface area contributed by atoms with Gasteiger partial charge in [0.2, 0.25) is 0 Å². The van der Waals surface area contributed by atoms with Crippen LogP contribution in [-0.2, 0) is 4.79 Å². The number of aromatic nitrogens is 1. The Hall–Kier alpha value is -3.10. The van der Waals surface area contributed by atoms with E-state index in [1.165, 1.54) is 0 Å². The summed E-state index contributed by atoms with van der Waals surface area (Å²) in [6.07, 6.45) is 6.57. The SMILES string of the molecule is CC(C)Oc1ccc(-c2cc(C(=O)NC3(C)C=CC(C(C)(C)NCCC(=O)O)=CC3)no2)cc1Cl. The van der Waals surface area contributed by atoms with Crippen molar-refractivity contribution < 1.29 is 24.0 Å². The minimum Gasteiger partial charge on any atom is -0.489 e. The number of ether oxygens (including phenoxy) is 1. The van der Waals surface area contributed by atoms with Crippen LogP contribution in [0.4, 0.5) is 0 Å². The molecule has 0 aliphatic heterocycles. The van der Waals surface area contributed by atoms with E-state index in [0.717, 1.165) is 5.57 Å². The van der Waals surface area contributed by atoms with Gasteiger partial charge in [-0.25, -0.2) is 0 Å². The Labute approximate surface area is 210 Å². The van der Waals surface area contributed by atoms with E-state index in [9.17, 15) is 9.59 Å². The molecule has 0 bridgehead atoms. The number of nitrogens with one attached hydrogen (secondary N) is 2. The number of carboxylic acids is 1. The van der Waals surface area contributed by atoms with Crippen molar-refractivity contribution in [1.82, 2.24) is 15.8 Å². The molecule has 2 aromatic rings. The summed E-state index contributed by atoms with van der Waals surface area (Å²) in [5.74, 6) is -0.192. The quantitative estimate of drug-likeness (QED) is 0.419. The molecule has 0 fully saturated rings. The summed E-state index contributed by atoms with van der Waals surface area (Å²) in [7, 11) is 0. The fourth-order valence-electron chi connectivity index (χ4n) is 3.72. The second-order valence-corrected chi connectivity index (χ2v) is 10.1. The molecule has 9 heteroatoms. The maximum absolute atomic E-state index is 12.9. The predicted molar refractivity (Wildman–Crippen MR) is 135 cm³/mol. The van der Waals surface area contributed by atoms with Crippen LogP contribution in [0, 0.1) is 0 Å². The normalized spacial score (nSPS) is 17.9. The minimum atomic E-state index is -0.840. The van der Waals surface area contributed by atoms with Crippen molar-refractivity contribution >= 4 is 23.5 Å². The molecule has 1 aliphatic rings. The Bertz CT molecular complexity index is 1150. The van der Waals surface area contributed by atoms with Crippen molar-refractivity contribution in [1.29, 1.82) is 0 Å². The lowest BCUT2D eigenvalue weighted by molar-refractivity contribution is -0.136. The van der Waals surface area contributed by atoms with Crippen molar-refractivity contribution in [2.45, 2.75) is 64.6 Å². The molecule has 188 valence electrons. The van der Waals surface area contributed by atoms with E-state index in [0.29, 0.717) is 35.1 Å². The molecule has 1 heterocycles. The van der Waals surface area contributed by atoms with Gasteiger partial charge in [-0.2, -0.15) is 0 Å². The molecule has 0 saturated heterocycles. The Kier molecular flexibility index (Phi) is 8.07. The molecule has 1 aliphatic carbocycles. The first-order valence-corrected chi connectivity index (χ1v) is 11.9. The number of rotatable bonds is 10. The fraction of sp³-hybridized carbons (Fsp3) is 0.423. The highest BCUT2D eigenvalue weighted by Gasteiger charge is 2.30. The van der Waals surface area contributed by atoms with E-state index in [1.54, 1.807) is 24.3 Å². The molecular weight excluding hydrogens is 470 g/mol. The van der Waals surface area contributed by atoms with Crippen LogP contribution < -0.4 is 15.4 Å². The number of carboxylic acid groups (broad SMARTS) is 1. The highest BCUT2D eigenvalue weighted by molar-refractivity contribution is 6.32. The van der Waals surface area contributed by atoms with Crippen LogP contribution >= 0.6 is 11.6 Å². The van der Waals surface area contributed by atoms with E-state index in [1.807, 2.05) is 52.8 Å². The van der Waals surface area contributed by atoms with Crippen molar-refractivity contribution in [2.75, 3.05) is 6.54 Å². The molecule has 0 radical (unpaired) electrons. The van der Waals surface area contributed by atoms with Crippen LogP contribution in [0.3, 0.4) is 0 Å². The third-order valence-electron chi connectivity index (χ3n) is 5.73. The zero-order valence-electron chi connectivity index (χ0n) is 20.6. The lowest BCUT2D eigenvalue weighted by Gasteiger charge is -2.34. The van der Waals surface area contributed by atoms with Gasteiger partial charge in [-0.3, -0.25) is 9.59 Å². The van der Waals surface area contributed by atoms with Crippen LogP contribution in [0.25, 0.3) is 11.3 Å². The summed E-state index contributed by atoms with van der Waals surface area (Å²) >= 11 is 6.32. The van der Waals surface area contributed by atoms with Gasteiger partial charge in [0.25, 0.3) is 5.91 Å². The van der Waals surface area contributed by atoms with E-state index in [-0.39, 0.29) is 24.1 Å². The molecule has 0 saturated carbocycles. The Morgan fingerprint density at radius 1 is 1.31 bits per heavy atom. The number of hydrogen-bond donors (Lipinski definition) is 3. The predicted octanol–water partition coefficient (Wildman–Crippen LogP) is 5.00. The van der Waals surface area contributed by atoms with Gasteiger partial charge >= 0.3 is 5.97 Å². The van der Waals surface area contributed by atoms with E-state index in [4.69, 9.17) is 26.0 Å². The topological polar surface area (TPSA) is 114 Å². The molecule has 8 nitrogen and oxygen atoms in total. The number of carbonyl (C=O) groups excluding carboxylic acids is 1. The largest absolute Gasteiger partial charge is 0.489 e. The first kappa shape index (κ1) is 26.5. The van der Waals surface area contributed by atoms with Gasteiger partial charge in [-0.1, -0.05) is 35.0 Å². The Balaban J connectivity index is 1.63. The van der Waals surface area contributed by atoms with Gasteiger partial charge in [-0.05, 0) is 64.8 Å². The second-order valence-electron chi connectivity index (χ2n) is 9.65. The van der Waals surface area contributed by atoms with Crippen LogP contribution in [0.15, 0.2) is 52.6 Å². The van der Waals surface area contributed by atoms with Gasteiger partial charge in [0.1, 0.15) is 5.75 Å². The maximum atomic E-state index is 12.9. The van der Waals surface area contributed by atoms with Crippen molar-refractivity contribution in [3.8, 4) is 17.1 Å². The zero-order valence-corrected chi connectivity index (χ0v) is 21.4. The molecule has 35 heavy (non-hydrogen) atoms. The maximum Gasteiger partial charge on any atom is 0.304 e. The van der Waals surface area contributed by atoms with Gasteiger partial charge in [-0.15, -0.1) is 0 Å². The first-order chi connectivity index (χ1) is 16.4. The summed E-state index contributed by atoms with van der Waals surface area (Å²) in [6.45, 7) is 10.1. The number of benzene rings is 1. The molecule has 3 N–H and O–H groups in total. The average molecular weight is 502 g/mol. The van der Waals surface area contributed by atoms with Gasteiger partial charge in [0, 0.05) is 23.7 Å². The number of carbonyl (C=O) groups is 2. The molecular formula is C26H32ClN3O5. The van der Waals surface area contributed by atoms with E-state index in [2.05, 4.69) is 15.8 Å². The molecule has 1 atom stereocenters. The van der Waals surface area contributed by atoms with Gasteiger partial charge < -0.3 is 25.0 Å². The molecule has 1 aromatic heterocycles. The van der Waals surface area contributed by atoms with Crippen molar-refractivity contribution in [3.05, 3.63) is 58.8 Å². The highest BCUT2D eigenvalue weighted by Crippen LogP contribution is 2.32. The van der Waals surface area contributed by atoms with Gasteiger partial charge in [0.05, 0.1) is 23.1 Å². The Morgan fingerprint density at radius 2 is 2.06 bits per heavy atom. The molecule has 1 aromatic carbocycles. The standard InChI is InChI=1S/C26H32ClN3O5/c1-16(2)34-21-7-6-17(14-19(21)27)22-15-20(30-35-22)24(33)29-26(5)11-8-18(9-12-26)25(3,4)28-13-10-23(31)32/h6-9,11,14-16,28H,10,12-13H2,1-5H3,(H,29,33)(H,31,32). The number of aliphatic carboxylic acids is 1. The number of nitrogens with zero attached hydrogens (tertiary/aromatic N) is 1. The highest BCUT2D eigenvalue weighted by atomic mass is 35.5.